The number of hydrogen-bond donors (Lipinski definition) is 2. The fourth-order valence-electron chi connectivity index (χ4n) is 1.90. The van der Waals surface area contributed by atoms with Crippen molar-refractivity contribution in [2.75, 3.05) is 12.8 Å². The summed E-state index contributed by atoms with van der Waals surface area (Å²) in [7, 11) is 1.70. The summed E-state index contributed by atoms with van der Waals surface area (Å²) in [4.78, 5) is 11.6. The Labute approximate surface area is 107 Å². The van der Waals surface area contributed by atoms with E-state index >= 15 is 0 Å². The molecule has 1 aliphatic carbocycles. The molecule has 3 N–H and O–H groups in total. The second-order valence-corrected chi connectivity index (χ2v) is 4.53. The minimum absolute atomic E-state index is 0.0635. The molecule has 2 rings (SSSR count). The monoisotopic (exact) mass is 246 g/mol. The van der Waals surface area contributed by atoms with Gasteiger partial charge in [-0.25, -0.2) is 0 Å². The van der Waals surface area contributed by atoms with E-state index in [1.807, 2.05) is 24.3 Å². The smallest absolute Gasteiger partial charge is 0.244 e. The van der Waals surface area contributed by atoms with Crippen molar-refractivity contribution in [3.05, 3.63) is 35.9 Å². The highest BCUT2D eigenvalue weighted by atomic mass is 16.5. The van der Waals surface area contributed by atoms with Crippen molar-refractivity contribution < 1.29 is 9.53 Å². The van der Waals surface area contributed by atoms with Crippen LogP contribution in [0.1, 0.15) is 18.4 Å². The quantitative estimate of drug-likeness (QED) is 0.626. The molecule has 1 fully saturated rings. The topological polar surface area (TPSA) is 64.3 Å². The molecule has 1 aliphatic rings. The Balaban J connectivity index is 1.79. The molecule has 1 amide bonds. The lowest BCUT2D eigenvalue weighted by atomic mass is 9.89. The zero-order valence-corrected chi connectivity index (χ0v) is 10.4. The molecule has 0 spiro atoms. The van der Waals surface area contributed by atoms with E-state index in [2.05, 4.69) is 5.32 Å². The first-order chi connectivity index (χ1) is 8.67. The maximum Gasteiger partial charge on any atom is 0.244 e. The molecule has 18 heavy (non-hydrogen) atoms. The van der Waals surface area contributed by atoms with Gasteiger partial charge in [-0.15, -0.1) is 0 Å². The Kier molecular flexibility index (Phi) is 3.99. The standard InChI is InChI=1S/C14H18N2O2/c1-18-13-8-12(9-13)16-14(17)7-4-10-2-5-11(15)6-3-10/h2-7,12-13H,8-9,15H2,1H3,(H,16,17)/b7-4+. The van der Waals surface area contributed by atoms with Gasteiger partial charge >= 0.3 is 0 Å². The molecular weight excluding hydrogens is 228 g/mol. The largest absolute Gasteiger partial charge is 0.399 e. The second kappa shape index (κ2) is 5.69. The number of hydrogen-bond acceptors (Lipinski definition) is 3. The molecule has 0 radical (unpaired) electrons. The van der Waals surface area contributed by atoms with E-state index in [4.69, 9.17) is 10.5 Å². The molecule has 4 nitrogen and oxygen atoms in total. The number of methoxy groups -OCH3 is 1. The van der Waals surface area contributed by atoms with Gasteiger partial charge in [0.25, 0.3) is 0 Å². The van der Waals surface area contributed by atoms with Crippen LogP contribution in [0.4, 0.5) is 5.69 Å². The molecule has 4 heteroatoms. The highest BCUT2D eigenvalue weighted by molar-refractivity contribution is 5.92. The second-order valence-electron chi connectivity index (χ2n) is 4.53. The third-order valence-electron chi connectivity index (χ3n) is 3.14. The highest BCUT2D eigenvalue weighted by Gasteiger charge is 2.29. The van der Waals surface area contributed by atoms with Crippen LogP contribution in [0.25, 0.3) is 6.08 Å². The number of nitrogen functional groups attached to an aromatic ring is 1. The summed E-state index contributed by atoms with van der Waals surface area (Å²) in [6, 6.07) is 7.63. The zero-order chi connectivity index (χ0) is 13.0. The number of carbonyl (C=O) groups is 1. The van der Waals surface area contributed by atoms with Crippen LogP contribution in [0, 0.1) is 0 Å². The van der Waals surface area contributed by atoms with Crippen LogP contribution in [-0.2, 0) is 9.53 Å². The zero-order valence-electron chi connectivity index (χ0n) is 10.4. The number of rotatable bonds is 4. The molecular formula is C14H18N2O2. The van der Waals surface area contributed by atoms with E-state index in [1.54, 1.807) is 19.3 Å². The first-order valence-electron chi connectivity index (χ1n) is 6.04. The molecule has 0 unspecified atom stereocenters. The first-order valence-corrected chi connectivity index (χ1v) is 6.04. The molecule has 0 saturated heterocycles. The lowest BCUT2D eigenvalue weighted by Crippen LogP contribution is -2.46. The Morgan fingerprint density at radius 2 is 2.06 bits per heavy atom. The van der Waals surface area contributed by atoms with Gasteiger partial charge in [-0.2, -0.15) is 0 Å². The maximum absolute atomic E-state index is 11.6. The van der Waals surface area contributed by atoms with Crippen molar-refractivity contribution in [1.29, 1.82) is 0 Å². The van der Waals surface area contributed by atoms with E-state index in [-0.39, 0.29) is 11.9 Å². The van der Waals surface area contributed by atoms with Gasteiger partial charge in [0.15, 0.2) is 0 Å². The summed E-state index contributed by atoms with van der Waals surface area (Å²) in [5.74, 6) is -0.0635. The third-order valence-corrected chi connectivity index (χ3v) is 3.14. The van der Waals surface area contributed by atoms with Crippen molar-refractivity contribution >= 4 is 17.7 Å². The fraction of sp³-hybridized carbons (Fsp3) is 0.357. The predicted octanol–water partition coefficient (Wildman–Crippen LogP) is 1.58. The number of carbonyl (C=O) groups excluding carboxylic acids is 1. The normalized spacial score (nSPS) is 22.7. The Hall–Kier alpha value is -1.81. The minimum atomic E-state index is -0.0635. The van der Waals surface area contributed by atoms with Gasteiger partial charge in [0, 0.05) is 24.9 Å². The Morgan fingerprint density at radius 1 is 1.39 bits per heavy atom. The molecule has 96 valence electrons. The third kappa shape index (κ3) is 3.34. The summed E-state index contributed by atoms with van der Waals surface area (Å²) in [6.07, 6.45) is 5.43. The van der Waals surface area contributed by atoms with Gasteiger partial charge in [-0.1, -0.05) is 12.1 Å². The van der Waals surface area contributed by atoms with Crippen molar-refractivity contribution in [1.82, 2.24) is 5.32 Å². The van der Waals surface area contributed by atoms with Crippen LogP contribution < -0.4 is 11.1 Å². The number of amides is 1. The number of benzene rings is 1. The van der Waals surface area contributed by atoms with Gasteiger partial charge in [0.1, 0.15) is 0 Å². The molecule has 0 heterocycles. The lowest BCUT2D eigenvalue weighted by Gasteiger charge is -2.34. The average molecular weight is 246 g/mol. The first kappa shape index (κ1) is 12.6. The fourth-order valence-corrected chi connectivity index (χ4v) is 1.90. The molecule has 0 atom stereocenters. The van der Waals surface area contributed by atoms with Gasteiger partial charge in [0.05, 0.1) is 6.10 Å². The van der Waals surface area contributed by atoms with Crippen LogP contribution in [0.3, 0.4) is 0 Å². The van der Waals surface area contributed by atoms with E-state index < -0.39 is 0 Å². The molecule has 0 aliphatic heterocycles. The van der Waals surface area contributed by atoms with Crippen LogP contribution in [0.2, 0.25) is 0 Å². The molecule has 1 saturated carbocycles. The van der Waals surface area contributed by atoms with Gasteiger partial charge < -0.3 is 15.8 Å². The molecule has 1 aromatic rings. The SMILES string of the molecule is COC1CC(NC(=O)/C=C/c2ccc(N)cc2)C1. The molecule has 0 bridgehead atoms. The molecule has 0 aromatic heterocycles. The lowest BCUT2D eigenvalue weighted by molar-refractivity contribution is -0.118. The average Bonchev–Trinajstić information content (AvgIpc) is 2.32. The number of ether oxygens (including phenoxy) is 1. The number of nitrogens with two attached hydrogens (primary N) is 1. The van der Waals surface area contributed by atoms with Gasteiger partial charge in [-0.3, -0.25) is 4.79 Å². The summed E-state index contributed by atoms with van der Waals surface area (Å²) >= 11 is 0. The summed E-state index contributed by atoms with van der Waals surface area (Å²) in [5, 5.41) is 2.93. The van der Waals surface area contributed by atoms with Crippen LogP contribution in [-0.4, -0.2) is 25.2 Å². The van der Waals surface area contributed by atoms with E-state index in [0.29, 0.717) is 6.10 Å². The Bertz CT molecular complexity index is 434. The van der Waals surface area contributed by atoms with Crippen molar-refractivity contribution in [2.24, 2.45) is 0 Å². The van der Waals surface area contributed by atoms with Crippen LogP contribution in [0.5, 0.6) is 0 Å². The summed E-state index contributed by atoms with van der Waals surface area (Å²) in [5.41, 5.74) is 7.27. The van der Waals surface area contributed by atoms with E-state index in [9.17, 15) is 4.79 Å². The number of nitrogens with one attached hydrogen (secondary N) is 1. The summed E-state index contributed by atoms with van der Waals surface area (Å²) < 4.78 is 5.16. The van der Waals surface area contributed by atoms with Gasteiger partial charge in [0.2, 0.25) is 5.91 Å². The van der Waals surface area contributed by atoms with Crippen molar-refractivity contribution in [2.45, 2.75) is 25.0 Å². The Morgan fingerprint density at radius 3 is 2.67 bits per heavy atom. The summed E-state index contributed by atoms with van der Waals surface area (Å²) in [6.45, 7) is 0. The van der Waals surface area contributed by atoms with E-state index in [1.165, 1.54) is 0 Å². The number of anilines is 1. The minimum Gasteiger partial charge on any atom is -0.399 e. The van der Waals surface area contributed by atoms with Crippen LogP contribution in [0.15, 0.2) is 30.3 Å². The predicted molar refractivity (Wildman–Crippen MR) is 71.9 cm³/mol. The molecule has 1 aromatic carbocycles. The van der Waals surface area contributed by atoms with Crippen molar-refractivity contribution in [3.63, 3.8) is 0 Å². The maximum atomic E-state index is 11.6. The highest BCUT2D eigenvalue weighted by Crippen LogP contribution is 2.22. The van der Waals surface area contributed by atoms with E-state index in [0.717, 1.165) is 24.1 Å². The van der Waals surface area contributed by atoms with Crippen LogP contribution >= 0.6 is 0 Å². The van der Waals surface area contributed by atoms with Crippen molar-refractivity contribution in [3.8, 4) is 0 Å². The van der Waals surface area contributed by atoms with Gasteiger partial charge in [-0.05, 0) is 36.6 Å².